The summed E-state index contributed by atoms with van der Waals surface area (Å²) in [5, 5.41) is 0. The second-order valence-corrected chi connectivity index (χ2v) is 5.73. The molecule has 0 atom stereocenters. The summed E-state index contributed by atoms with van der Waals surface area (Å²) in [4.78, 5) is 21.1. The Morgan fingerprint density at radius 2 is 2.00 bits per heavy atom. The van der Waals surface area contributed by atoms with Crippen molar-refractivity contribution in [2.24, 2.45) is 5.92 Å². The molecule has 0 aromatic carbocycles. The number of hydrogen-bond donors (Lipinski definition) is 0. The number of carbonyl (C=O) groups is 1. The first-order valence-corrected chi connectivity index (χ1v) is 7.90. The fourth-order valence-corrected chi connectivity index (χ4v) is 3.16. The monoisotopic (exact) mass is 305 g/mol. The molecule has 0 N–H and O–H groups in total. The van der Waals surface area contributed by atoms with Crippen LogP contribution in [0.25, 0.3) is 0 Å². The summed E-state index contributed by atoms with van der Waals surface area (Å²) in [6.45, 7) is 4.47. The van der Waals surface area contributed by atoms with Crippen molar-refractivity contribution in [2.45, 2.75) is 12.8 Å². The SMILES string of the molecule is COc1cccnc1N1CCC(C(=O)N2CCOCC2)CC1. The molecule has 1 aromatic heterocycles. The van der Waals surface area contributed by atoms with Crippen molar-refractivity contribution < 1.29 is 14.3 Å². The van der Waals surface area contributed by atoms with E-state index in [-0.39, 0.29) is 11.8 Å². The molecule has 0 unspecified atom stereocenters. The number of piperidine rings is 1. The zero-order chi connectivity index (χ0) is 15.4. The number of morpholine rings is 1. The average Bonchev–Trinajstić information content (AvgIpc) is 2.62. The topological polar surface area (TPSA) is 54.9 Å². The van der Waals surface area contributed by atoms with Gasteiger partial charge in [-0.15, -0.1) is 0 Å². The fourth-order valence-electron chi connectivity index (χ4n) is 3.16. The maximum absolute atomic E-state index is 12.5. The molecule has 120 valence electrons. The van der Waals surface area contributed by atoms with Gasteiger partial charge in [-0.2, -0.15) is 0 Å². The third-order valence-corrected chi connectivity index (χ3v) is 4.44. The molecule has 1 amide bonds. The minimum absolute atomic E-state index is 0.129. The standard InChI is InChI=1S/C16H23N3O3/c1-21-14-3-2-6-17-15(14)18-7-4-13(5-8-18)16(20)19-9-11-22-12-10-19/h2-3,6,13H,4-5,7-12H2,1H3. The van der Waals surface area contributed by atoms with Gasteiger partial charge in [0, 0.05) is 38.3 Å². The average molecular weight is 305 g/mol. The Morgan fingerprint density at radius 1 is 1.27 bits per heavy atom. The fraction of sp³-hybridized carbons (Fsp3) is 0.625. The molecule has 0 radical (unpaired) electrons. The quantitative estimate of drug-likeness (QED) is 0.839. The number of carbonyl (C=O) groups excluding carboxylic acids is 1. The van der Waals surface area contributed by atoms with Crippen LogP contribution in [0.15, 0.2) is 18.3 Å². The lowest BCUT2D eigenvalue weighted by atomic mass is 9.95. The Morgan fingerprint density at radius 3 is 2.68 bits per heavy atom. The van der Waals surface area contributed by atoms with Crippen molar-refractivity contribution >= 4 is 11.7 Å². The number of amides is 1. The van der Waals surface area contributed by atoms with E-state index in [0.29, 0.717) is 13.2 Å². The van der Waals surface area contributed by atoms with Crippen molar-refractivity contribution in [1.82, 2.24) is 9.88 Å². The predicted molar refractivity (Wildman–Crippen MR) is 83.1 cm³/mol. The molecule has 2 saturated heterocycles. The number of hydrogen-bond acceptors (Lipinski definition) is 5. The first-order chi connectivity index (χ1) is 10.8. The molecule has 6 heteroatoms. The lowest BCUT2D eigenvalue weighted by Crippen LogP contribution is -2.47. The van der Waals surface area contributed by atoms with Crippen LogP contribution in [0.1, 0.15) is 12.8 Å². The lowest BCUT2D eigenvalue weighted by molar-refractivity contribution is -0.140. The summed E-state index contributed by atoms with van der Waals surface area (Å²) in [6, 6.07) is 3.80. The molecule has 0 saturated carbocycles. The Kier molecular flexibility index (Phi) is 4.77. The van der Waals surface area contributed by atoms with E-state index < -0.39 is 0 Å². The van der Waals surface area contributed by atoms with Gasteiger partial charge in [-0.05, 0) is 25.0 Å². The molecule has 2 aliphatic rings. The van der Waals surface area contributed by atoms with E-state index in [2.05, 4.69) is 9.88 Å². The molecular weight excluding hydrogens is 282 g/mol. The van der Waals surface area contributed by atoms with Crippen molar-refractivity contribution in [1.29, 1.82) is 0 Å². The highest BCUT2D eigenvalue weighted by atomic mass is 16.5. The van der Waals surface area contributed by atoms with Crippen LogP contribution in [0.3, 0.4) is 0 Å². The van der Waals surface area contributed by atoms with E-state index in [0.717, 1.165) is 50.6 Å². The van der Waals surface area contributed by atoms with Crippen LogP contribution in [0, 0.1) is 5.92 Å². The van der Waals surface area contributed by atoms with Crippen LogP contribution in [-0.2, 0) is 9.53 Å². The second kappa shape index (κ2) is 6.96. The van der Waals surface area contributed by atoms with E-state index in [9.17, 15) is 4.79 Å². The summed E-state index contributed by atoms with van der Waals surface area (Å²) >= 11 is 0. The number of pyridine rings is 1. The molecule has 2 aliphatic heterocycles. The van der Waals surface area contributed by atoms with Gasteiger partial charge < -0.3 is 19.3 Å². The van der Waals surface area contributed by atoms with Crippen LogP contribution in [0.4, 0.5) is 5.82 Å². The van der Waals surface area contributed by atoms with E-state index >= 15 is 0 Å². The molecule has 6 nitrogen and oxygen atoms in total. The third kappa shape index (κ3) is 3.16. The first kappa shape index (κ1) is 15.1. The van der Waals surface area contributed by atoms with Gasteiger partial charge in [-0.1, -0.05) is 0 Å². The lowest BCUT2D eigenvalue weighted by Gasteiger charge is -2.36. The zero-order valence-electron chi connectivity index (χ0n) is 13.0. The molecule has 0 aliphatic carbocycles. The Bertz CT molecular complexity index is 509. The van der Waals surface area contributed by atoms with E-state index in [4.69, 9.17) is 9.47 Å². The summed E-state index contributed by atoms with van der Waals surface area (Å²) in [6.07, 6.45) is 3.52. The summed E-state index contributed by atoms with van der Waals surface area (Å²) in [7, 11) is 1.66. The van der Waals surface area contributed by atoms with Gasteiger partial charge in [0.05, 0.1) is 20.3 Å². The number of rotatable bonds is 3. The smallest absolute Gasteiger partial charge is 0.225 e. The summed E-state index contributed by atoms with van der Waals surface area (Å²) in [5.74, 6) is 2.09. The maximum Gasteiger partial charge on any atom is 0.225 e. The van der Waals surface area contributed by atoms with Crippen LogP contribution in [0.2, 0.25) is 0 Å². The highest BCUT2D eigenvalue weighted by Crippen LogP contribution is 2.29. The normalized spacial score (nSPS) is 20.0. The van der Waals surface area contributed by atoms with Crippen LogP contribution in [-0.4, -0.2) is 62.3 Å². The van der Waals surface area contributed by atoms with Gasteiger partial charge >= 0.3 is 0 Å². The number of nitrogens with zero attached hydrogens (tertiary/aromatic N) is 3. The van der Waals surface area contributed by atoms with Crippen LogP contribution >= 0.6 is 0 Å². The highest BCUT2D eigenvalue weighted by molar-refractivity contribution is 5.79. The molecule has 22 heavy (non-hydrogen) atoms. The highest BCUT2D eigenvalue weighted by Gasteiger charge is 2.30. The number of aromatic nitrogens is 1. The molecular formula is C16H23N3O3. The van der Waals surface area contributed by atoms with Gasteiger partial charge in [0.1, 0.15) is 0 Å². The summed E-state index contributed by atoms with van der Waals surface area (Å²) < 4.78 is 10.7. The molecule has 3 rings (SSSR count). The Hall–Kier alpha value is -1.82. The van der Waals surface area contributed by atoms with Crippen LogP contribution < -0.4 is 9.64 Å². The number of anilines is 1. The summed E-state index contributed by atoms with van der Waals surface area (Å²) in [5.41, 5.74) is 0. The zero-order valence-corrected chi connectivity index (χ0v) is 13.0. The van der Waals surface area contributed by atoms with E-state index in [1.807, 2.05) is 17.0 Å². The van der Waals surface area contributed by atoms with Gasteiger partial charge in [0.25, 0.3) is 0 Å². The van der Waals surface area contributed by atoms with Crippen LogP contribution in [0.5, 0.6) is 5.75 Å². The van der Waals surface area contributed by atoms with Gasteiger partial charge in [-0.25, -0.2) is 4.98 Å². The van der Waals surface area contributed by atoms with Crippen molar-refractivity contribution in [3.63, 3.8) is 0 Å². The minimum Gasteiger partial charge on any atom is -0.493 e. The minimum atomic E-state index is 0.129. The largest absolute Gasteiger partial charge is 0.493 e. The number of ether oxygens (including phenoxy) is 2. The molecule has 3 heterocycles. The van der Waals surface area contributed by atoms with E-state index in [1.54, 1.807) is 13.3 Å². The molecule has 1 aromatic rings. The molecule has 0 bridgehead atoms. The van der Waals surface area contributed by atoms with Gasteiger partial charge in [0.2, 0.25) is 5.91 Å². The van der Waals surface area contributed by atoms with E-state index in [1.165, 1.54) is 0 Å². The molecule has 0 spiro atoms. The Labute approximate surface area is 131 Å². The Balaban J connectivity index is 1.59. The first-order valence-electron chi connectivity index (χ1n) is 7.90. The maximum atomic E-state index is 12.5. The molecule has 2 fully saturated rings. The third-order valence-electron chi connectivity index (χ3n) is 4.44. The van der Waals surface area contributed by atoms with Crippen molar-refractivity contribution in [2.75, 3.05) is 51.4 Å². The van der Waals surface area contributed by atoms with Gasteiger partial charge in [-0.3, -0.25) is 4.79 Å². The number of methoxy groups -OCH3 is 1. The van der Waals surface area contributed by atoms with Crippen molar-refractivity contribution in [3.8, 4) is 5.75 Å². The second-order valence-electron chi connectivity index (χ2n) is 5.73. The van der Waals surface area contributed by atoms with Gasteiger partial charge in [0.15, 0.2) is 11.6 Å². The predicted octanol–water partition coefficient (Wildman–Crippen LogP) is 1.17. The van der Waals surface area contributed by atoms with Crippen molar-refractivity contribution in [3.05, 3.63) is 18.3 Å².